The molecule has 0 fully saturated rings. The van der Waals surface area contributed by atoms with Crippen molar-refractivity contribution in [1.82, 2.24) is 5.32 Å². The van der Waals surface area contributed by atoms with E-state index in [9.17, 15) is 0 Å². The molecular weight excluding hydrogens is 214 g/mol. The summed E-state index contributed by atoms with van der Waals surface area (Å²) in [4.78, 5) is 0. The summed E-state index contributed by atoms with van der Waals surface area (Å²) in [5.74, 6) is 0.516. The van der Waals surface area contributed by atoms with Crippen molar-refractivity contribution < 1.29 is 9.47 Å². The number of halogens is 1. The number of rotatable bonds is 10. The lowest BCUT2D eigenvalue weighted by Gasteiger charge is -2.13. The Morgan fingerprint density at radius 3 is 2.53 bits per heavy atom. The normalized spacial score (nSPS) is 13.4. The van der Waals surface area contributed by atoms with Gasteiger partial charge < -0.3 is 14.8 Å². The van der Waals surface area contributed by atoms with Gasteiger partial charge in [-0.15, -0.1) is 11.6 Å². The molecule has 92 valence electrons. The van der Waals surface area contributed by atoms with Gasteiger partial charge in [-0.25, -0.2) is 0 Å². The minimum absolute atomic E-state index is 0.207. The smallest absolute Gasteiger partial charge is 0.0590 e. The van der Waals surface area contributed by atoms with Crippen LogP contribution in [0.15, 0.2) is 0 Å². The molecule has 0 aliphatic heterocycles. The fraction of sp³-hybridized carbons (Fsp3) is 1.00. The number of methoxy groups -OCH3 is 1. The SMILES string of the molecule is COCCCOCCNCC(Cl)C(C)C. The quantitative estimate of drug-likeness (QED) is 0.465. The molecule has 0 radical (unpaired) electrons. The molecule has 0 amide bonds. The Morgan fingerprint density at radius 1 is 1.20 bits per heavy atom. The summed E-state index contributed by atoms with van der Waals surface area (Å²) < 4.78 is 10.3. The highest BCUT2D eigenvalue weighted by Crippen LogP contribution is 2.07. The minimum atomic E-state index is 0.207. The fourth-order valence-corrected chi connectivity index (χ4v) is 1.14. The third kappa shape index (κ3) is 10.5. The molecule has 3 nitrogen and oxygen atoms in total. The average molecular weight is 238 g/mol. The third-order valence-electron chi connectivity index (χ3n) is 2.12. The summed E-state index contributed by atoms with van der Waals surface area (Å²) in [5, 5.41) is 3.48. The second kappa shape index (κ2) is 10.7. The van der Waals surface area contributed by atoms with E-state index in [1.165, 1.54) is 0 Å². The van der Waals surface area contributed by atoms with Gasteiger partial charge in [0.25, 0.3) is 0 Å². The van der Waals surface area contributed by atoms with Gasteiger partial charge in [0.15, 0.2) is 0 Å². The van der Waals surface area contributed by atoms with E-state index in [4.69, 9.17) is 21.1 Å². The van der Waals surface area contributed by atoms with E-state index in [0.29, 0.717) is 5.92 Å². The van der Waals surface area contributed by atoms with E-state index in [1.807, 2.05) is 0 Å². The van der Waals surface area contributed by atoms with Gasteiger partial charge in [-0.3, -0.25) is 0 Å². The molecule has 0 spiro atoms. The van der Waals surface area contributed by atoms with Crippen LogP contribution in [-0.2, 0) is 9.47 Å². The molecule has 0 heterocycles. The summed E-state index contributed by atoms with van der Waals surface area (Å²) in [6.07, 6.45) is 0.959. The summed E-state index contributed by atoms with van der Waals surface area (Å²) in [5.41, 5.74) is 0. The Hall–Kier alpha value is 0.170. The molecule has 1 unspecified atom stereocenters. The standard InChI is InChI=1S/C11H24ClNO2/c1-10(2)11(12)9-13-5-8-15-7-4-6-14-3/h10-11,13H,4-9H2,1-3H3. The van der Waals surface area contributed by atoms with Crippen LogP contribution in [0.3, 0.4) is 0 Å². The predicted molar refractivity (Wildman–Crippen MR) is 64.7 cm³/mol. The van der Waals surface area contributed by atoms with Crippen molar-refractivity contribution in [3.63, 3.8) is 0 Å². The van der Waals surface area contributed by atoms with Crippen LogP contribution in [0.1, 0.15) is 20.3 Å². The molecule has 0 aromatic heterocycles. The highest BCUT2D eigenvalue weighted by molar-refractivity contribution is 6.20. The summed E-state index contributed by atoms with van der Waals surface area (Å²) in [6.45, 7) is 8.24. The highest BCUT2D eigenvalue weighted by atomic mass is 35.5. The number of hydrogen-bond donors (Lipinski definition) is 1. The number of alkyl halides is 1. The Morgan fingerprint density at radius 2 is 1.93 bits per heavy atom. The van der Waals surface area contributed by atoms with Gasteiger partial charge in [-0.1, -0.05) is 13.8 Å². The van der Waals surface area contributed by atoms with Gasteiger partial charge in [-0.05, 0) is 12.3 Å². The highest BCUT2D eigenvalue weighted by Gasteiger charge is 2.07. The second-order valence-electron chi connectivity index (χ2n) is 3.92. The van der Waals surface area contributed by atoms with Gasteiger partial charge in [0, 0.05) is 38.8 Å². The summed E-state index contributed by atoms with van der Waals surface area (Å²) in [6, 6.07) is 0. The van der Waals surface area contributed by atoms with Crippen molar-refractivity contribution in [1.29, 1.82) is 0 Å². The first-order valence-electron chi connectivity index (χ1n) is 5.60. The van der Waals surface area contributed by atoms with Crippen LogP contribution in [0.25, 0.3) is 0 Å². The molecular formula is C11H24ClNO2. The first-order chi connectivity index (χ1) is 7.18. The van der Waals surface area contributed by atoms with Crippen molar-refractivity contribution in [2.45, 2.75) is 25.6 Å². The maximum Gasteiger partial charge on any atom is 0.0590 e. The van der Waals surface area contributed by atoms with E-state index < -0.39 is 0 Å². The zero-order valence-electron chi connectivity index (χ0n) is 10.1. The van der Waals surface area contributed by atoms with Crippen molar-refractivity contribution in [2.24, 2.45) is 5.92 Å². The van der Waals surface area contributed by atoms with Crippen LogP contribution in [0.5, 0.6) is 0 Å². The Bertz CT molecular complexity index is 134. The van der Waals surface area contributed by atoms with Gasteiger partial charge in [-0.2, -0.15) is 0 Å². The van der Waals surface area contributed by atoms with E-state index in [0.717, 1.165) is 39.3 Å². The zero-order chi connectivity index (χ0) is 11.5. The molecule has 0 bridgehead atoms. The monoisotopic (exact) mass is 237 g/mol. The molecule has 4 heteroatoms. The van der Waals surface area contributed by atoms with Gasteiger partial charge in [0.05, 0.1) is 6.61 Å². The van der Waals surface area contributed by atoms with Gasteiger partial charge in [0.1, 0.15) is 0 Å². The average Bonchev–Trinajstić information content (AvgIpc) is 2.21. The van der Waals surface area contributed by atoms with Crippen molar-refractivity contribution in [3.8, 4) is 0 Å². The maximum absolute atomic E-state index is 6.08. The molecule has 0 rings (SSSR count). The lowest BCUT2D eigenvalue weighted by molar-refractivity contribution is 0.104. The molecule has 1 atom stereocenters. The second-order valence-corrected chi connectivity index (χ2v) is 4.48. The largest absolute Gasteiger partial charge is 0.385 e. The fourth-order valence-electron chi connectivity index (χ4n) is 1.03. The summed E-state index contributed by atoms with van der Waals surface area (Å²) >= 11 is 6.08. The van der Waals surface area contributed by atoms with Crippen molar-refractivity contribution in [3.05, 3.63) is 0 Å². The zero-order valence-corrected chi connectivity index (χ0v) is 10.8. The topological polar surface area (TPSA) is 30.5 Å². The molecule has 0 aliphatic rings. The van der Waals surface area contributed by atoms with Crippen LogP contribution < -0.4 is 5.32 Å². The third-order valence-corrected chi connectivity index (χ3v) is 2.78. The Balaban J connectivity index is 3.05. The predicted octanol–water partition coefficient (Wildman–Crippen LogP) is 1.89. The van der Waals surface area contributed by atoms with Crippen LogP contribution >= 0.6 is 11.6 Å². The van der Waals surface area contributed by atoms with Crippen LogP contribution in [0.2, 0.25) is 0 Å². The van der Waals surface area contributed by atoms with Gasteiger partial charge in [0.2, 0.25) is 0 Å². The Labute approximate surface area is 98.5 Å². The molecule has 15 heavy (non-hydrogen) atoms. The van der Waals surface area contributed by atoms with E-state index >= 15 is 0 Å². The minimum Gasteiger partial charge on any atom is -0.385 e. The molecule has 0 aromatic carbocycles. The van der Waals surface area contributed by atoms with Crippen LogP contribution in [0, 0.1) is 5.92 Å². The Kier molecular flexibility index (Phi) is 10.8. The maximum atomic E-state index is 6.08. The van der Waals surface area contributed by atoms with Crippen molar-refractivity contribution in [2.75, 3.05) is 40.0 Å². The molecule has 0 saturated carbocycles. The number of nitrogens with one attached hydrogen (secondary N) is 1. The lowest BCUT2D eigenvalue weighted by Crippen LogP contribution is -2.29. The van der Waals surface area contributed by atoms with Crippen LogP contribution in [-0.4, -0.2) is 45.4 Å². The molecule has 0 saturated heterocycles. The van der Waals surface area contributed by atoms with Crippen molar-refractivity contribution >= 4 is 11.6 Å². The number of ether oxygens (including phenoxy) is 2. The van der Waals surface area contributed by atoms with E-state index in [2.05, 4.69) is 19.2 Å². The summed E-state index contributed by atoms with van der Waals surface area (Å²) in [7, 11) is 1.70. The van der Waals surface area contributed by atoms with E-state index in [1.54, 1.807) is 7.11 Å². The lowest BCUT2D eigenvalue weighted by atomic mass is 10.1. The van der Waals surface area contributed by atoms with Crippen LogP contribution in [0.4, 0.5) is 0 Å². The van der Waals surface area contributed by atoms with Gasteiger partial charge >= 0.3 is 0 Å². The molecule has 0 aliphatic carbocycles. The molecule has 0 aromatic rings. The first kappa shape index (κ1) is 15.2. The first-order valence-corrected chi connectivity index (χ1v) is 6.03. The van der Waals surface area contributed by atoms with E-state index in [-0.39, 0.29) is 5.38 Å². The molecule has 1 N–H and O–H groups in total. The number of hydrogen-bond acceptors (Lipinski definition) is 3.